The molecule has 0 bridgehead atoms. The third-order valence-electron chi connectivity index (χ3n) is 6.82. The van der Waals surface area contributed by atoms with Crippen LogP contribution >= 0.6 is 0 Å². The molecule has 2 aromatic heterocycles. The molecule has 1 atom stereocenters. The normalized spacial score (nSPS) is 13.9. The SMILES string of the molecule is COCc1cc(=O)c(O)c([C@@H](CC(=O)N2CCc3c([nH]c4ccccc34)C2)c2ccc(O)c(OC)c2)o1. The molecule has 5 rings (SSSR count). The smallest absolute Gasteiger partial charge is 0.227 e. The predicted octanol–water partition coefficient (Wildman–Crippen LogP) is 3.79. The van der Waals surface area contributed by atoms with Gasteiger partial charge in [0.1, 0.15) is 12.4 Å². The topological polar surface area (TPSA) is 125 Å². The Hall–Kier alpha value is -4.24. The van der Waals surface area contributed by atoms with E-state index in [9.17, 15) is 19.8 Å². The van der Waals surface area contributed by atoms with E-state index in [4.69, 9.17) is 13.9 Å². The lowest BCUT2D eigenvalue weighted by Crippen LogP contribution is -2.36. The second-order valence-corrected chi connectivity index (χ2v) is 9.10. The van der Waals surface area contributed by atoms with E-state index in [2.05, 4.69) is 11.1 Å². The predicted molar refractivity (Wildman–Crippen MR) is 136 cm³/mol. The van der Waals surface area contributed by atoms with Crippen molar-refractivity contribution < 1.29 is 28.9 Å². The molecular formula is C28H28N2O7. The van der Waals surface area contributed by atoms with Gasteiger partial charge in [-0.1, -0.05) is 24.3 Å². The van der Waals surface area contributed by atoms with Crippen LogP contribution in [0, 0.1) is 0 Å². The average Bonchev–Trinajstić information content (AvgIpc) is 3.28. The number of hydrogen-bond acceptors (Lipinski definition) is 7. The summed E-state index contributed by atoms with van der Waals surface area (Å²) in [6.07, 6.45) is 0.642. The summed E-state index contributed by atoms with van der Waals surface area (Å²) in [4.78, 5) is 31.3. The molecular weight excluding hydrogens is 476 g/mol. The number of benzene rings is 2. The van der Waals surface area contributed by atoms with Crippen LogP contribution in [0.1, 0.15) is 40.7 Å². The lowest BCUT2D eigenvalue weighted by atomic mass is 9.90. The first-order chi connectivity index (χ1) is 17.9. The third-order valence-corrected chi connectivity index (χ3v) is 6.82. The molecule has 1 aliphatic rings. The number of rotatable bonds is 7. The number of nitrogens with one attached hydrogen (secondary N) is 1. The van der Waals surface area contributed by atoms with Gasteiger partial charge in [-0.15, -0.1) is 0 Å². The number of amides is 1. The van der Waals surface area contributed by atoms with Crippen LogP contribution in [-0.2, 0) is 29.1 Å². The van der Waals surface area contributed by atoms with Crippen LogP contribution in [0.4, 0.5) is 0 Å². The highest BCUT2D eigenvalue weighted by atomic mass is 16.5. The number of aromatic nitrogens is 1. The molecule has 1 aliphatic heterocycles. The number of carbonyl (C=O) groups is 1. The minimum absolute atomic E-state index is 0.0252. The fourth-order valence-corrected chi connectivity index (χ4v) is 4.99. The van der Waals surface area contributed by atoms with E-state index in [1.54, 1.807) is 17.0 Å². The van der Waals surface area contributed by atoms with Gasteiger partial charge in [0.05, 0.1) is 19.6 Å². The van der Waals surface area contributed by atoms with Crippen molar-refractivity contribution in [1.29, 1.82) is 0 Å². The Morgan fingerprint density at radius 3 is 2.76 bits per heavy atom. The van der Waals surface area contributed by atoms with Gasteiger partial charge in [0.15, 0.2) is 17.3 Å². The Bertz CT molecular complexity index is 1520. The Balaban J connectivity index is 1.50. The summed E-state index contributed by atoms with van der Waals surface area (Å²) >= 11 is 0. The number of aromatic amines is 1. The summed E-state index contributed by atoms with van der Waals surface area (Å²) in [5.41, 5.74) is 3.17. The van der Waals surface area contributed by atoms with Crippen LogP contribution < -0.4 is 10.2 Å². The van der Waals surface area contributed by atoms with Gasteiger partial charge in [0.25, 0.3) is 0 Å². The summed E-state index contributed by atoms with van der Waals surface area (Å²) in [6.45, 7) is 0.991. The molecule has 37 heavy (non-hydrogen) atoms. The largest absolute Gasteiger partial charge is 0.504 e. The Morgan fingerprint density at radius 2 is 1.97 bits per heavy atom. The van der Waals surface area contributed by atoms with E-state index in [0.29, 0.717) is 25.1 Å². The van der Waals surface area contributed by atoms with Crippen molar-refractivity contribution >= 4 is 16.8 Å². The molecule has 9 heteroatoms. The Morgan fingerprint density at radius 1 is 1.16 bits per heavy atom. The van der Waals surface area contributed by atoms with Crippen LogP contribution in [0.15, 0.2) is 57.7 Å². The van der Waals surface area contributed by atoms with E-state index < -0.39 is 17.1 Å². The first-order valence-electron chi connectivity index (χ1n) is 12.0. The Labute approximate surface area is 212 Å². The van der Waals surface area contributed by atoms with Crippen LogP contribution in [0.25, 0.3) is 10.9 Å². The first-order valence-corrected chi connectivity index (χ1v) is 12.0. The second kappa shape index (κ2) is 10.0. The van der Waals surface area contributed by atoms with Crippen molar-refractivity contribution in [3.63, 3.8) is 0 Å². The zero-order valence-electron chi connectivity index (χ0n) is 20.6. The molecule has 192 valence electrons. The summed E-state index contributed by atoms with van der Waals surface area (Å²) in [7, 11) is 2.88. The monoisotopic (exact) mass is 504 g/mol. The van der Waals surface area contributed by atoms with Crippen LogP contribution in [0.3, 0.4) is 0 Å². The van der Waals surface area contributed by atoms with Gasteiger partial charge >= 0.3 is 0 Å². The van der Waals surface area contributed by atoms with Crippen LogP contribution in [0.2, 0.25) is 0 Å². The van der Waals surface area contributed by atoms with Crippen molar-refractivity contribution in [2.24, 2.45) is 0 Å². The number of para-hydroxylation sites is 1. The van der Waals surface area contributed by atoms with Gasteiger partial charge in [-0.3, -0.25) is 9.59 Å². The fraction of sp³-hybridized carbons (Fsp3) is 0.286. The summed E-state index contributed by atoms with van der Waals surface area (Å²) in [5.74, 6) is -1.23. The number of phenolic OH excluding ortho intramolecular Hbond substituents is 1. The highest BCUT2D eigenvalue weighted by Gasteiger charge is 2.31. The maximum atomic E-state index is 13.6. The van der Waals surface area contributed by atoms with E-state index in [1.165, 1.54) is 37.3 Å². The minimum atomic E-state index is -0.810. The van der Waals surface area contributed by atoms with Gasteiger partial charge < -0.3 is 34.0 Å². The maximum Gasteiger partial charge on any atom is 0.227 e. The maximum absolute atomic E-state index is 13.6. The number of fused-ring (bicyclic) bond motifs is 3. The van der Waals surface area contributed by atoms with Crippen molar-refractivity contribution in [3.05, 3.63) is 87.1 Å². The molecule has 0 saturated carbocycles. The van der Waals surface area contributed by atoms with Gasteiger partial charge in [0.2, 0.25) is 17.1 Å². The van der Waals surface area contributed by atoms with Crippen molar-refractivity contribution in [2.45, 2.75) is 31.9 Å². The molecule has 0 saturated heterocycles. The Kier molecular flexibility index (Phi) is 6.62. The fourth-order valence-electron chi connectivity index (χ4n) is 4.99. The molecule has 0 spiro atoms. The molecule has 1 amide bonds. The summed E-state index contributed by atoms with van der Waals surface area (Å²) in [5, 5.41) is 21.9. The molecule has 0 fully saturated rings. The molecule has 3 N–H and O–H groups in total. The molecule has 4 aromatic rings. The lowest BCUT2D eigenvalue weighted by Gasteiger charge is -2.29. The van der Waals surface area contributed by atoms with Gasteiger partial charge in [0, 0.05) is 42.7 Å². The van der Waals surface area contributed by atoms with E-state index in [0.717, 1.165) is 11.2 Å². The highest BCUT2D eigenvalue weighted by Crippen LogP contribution is 2.38. The van der Waals surface area contributed by atoms with E-state index >= 15 is 0 Å². The summed E-state index contributed by atoms with van der Waals surface area (Å²) < 4.78 is 16.2. The molecule has 0 unspecified atom stereocenters. The lowest BCUT2D eigenvalue weighted by molar-refractivity contribution is -0.132. The number of phenols is 1. The average molecular weight is 505 g/mol. The molecule has 2 aromatic carbocycles. The molecule has 0 radical (unpaired) electrons. The zero-order valence-corrected chi connectivity index (χ0v) is 20.6. The van der Waals surface area contributed by atoms with Crippen LogP contribution in [0.5, 0.6) is 17.2 Å². The second-order valence-electron chi connectivity index (χ2n) is 9.10. The van der Waals surface area contributed by atoms with Crippen molar-refractivity contribution in [3.8, 4) is 17.2 Å². The first kappa shape index (κ1) is 24.5. The van der Waals surface area contributed by atoms with Crippen molar-refractivity contribution in [1.82, 2.24) is 9.88 Å². The van der Waals surface area contributed by atoms with E-state index in [-0.39, 0.29) is 42.0 Å². The number of nitrogens with zero attached hydrogens (tertiary/aromatic N) is 1. The van der Waals surface area contributed by atoms with Gasteiger partial charge in [-0.25, -0.2) is 0 Å². The number of aromatic hydroxyl groups is 2. The molecule has 0 aliphatic carbocycles. The van der Waals surface area contributed by atoms with Gasteiger partial charge in [-0.2, -0.15) is 0 Å². The standard InChI is InChI=1S/C28H28N2O7/c1-35-15-17-12-24(32)27(34)28(37-17)20(16-7-8-23(31)25(11-16)36-2)13-26(33)30-10-9-19-18-5-3-4-6-21(18)29-22(19)14-30/h3-8,11-12,20,29,31,34H,9-10,13-15H2,1-2H3/t20-/m0/s1. The number of ether oxygens (including phenoxy) is 2. The van der Waals surface area contributed by atoms with E-state index in [1.807, 2.05) is 18.2 Å². The zero-order chi connectivity index (χ0) is 26.1. The summed E-state index contributed by atoms with van der Waals surface area (Å²) in [6, 6.07) is 13.9. The number of hydrogen-bond donors (Lipinski definition) is 3. The number of carbonyl (C=O) groups excluding carboxylic acids is 1. The van der Waals surface area contributed by atoms with Crippen molar-refractivity contribution in [2.75, 3.05) is 20.8 Å². The third kappa shape index (κ3) is 4.65. The minimum Gasteiger partial charge on any atom is -0.504 e. The molecule has 3 heterocycles. The molecule has 9 nitrogen and oxygen atoms in total. The van der Waals surface area contributed by atoms with Gasteiger partial charge in [-0.05, 0) is 35.7 Å². The van der Waals surface area contributed by atoms with Crippen LogP contribution in [-0.4, -0.2) is 46.8 Å². The highest BCUT2D eigenvalue weighted by molar-refractivity contribution is 5.86. The quantitative estimate of drug-likeness (QED) is 0.350. The number of H-pyrrole nitrogens is 1. The number of methoxy groups -OCH3 is 2.